The van der Waals surface area contributed by atoms with Crippen LogP contribution in [0.1, 0.15) is 44.6 Å². The van der Waals surface area contributed by atoms with E-state index < -0.39 is 0 Å². The first kappa shape index (κ1) is 13.9. The third-order valence-corrected chi connectivity index (χ3v) is 4.66. The lowest BCUT2D eigenvalue weighted by Gasteiger charge is -2.19. The molecule has 0 saturated heterocycles. The normalized spacial score (nSPS) is 29.6. The molecule has 1 aromatic rings. The maximum Gasteiger partial charge on any atom is 0.123 e. The van der Waals surface area contributed by atoms with E-state index in [1.165, 1.54) is 38.2 Å². The van der Waals surface area contributed by atoms with Crippen molar-refractivity contribution in [3.63, 3.8) is 0 Å². The van der Waals surface area contributed by atoms with E-state index >= 15 is 0 Å². The molecule has 1 saturated carbocycles. The summed E-state index contributed by atoms with van der Waals surface area (Å²) in [5.41, 5.74) is 1.01. The van der Waals surface area contributed by atoms with Crippen molar-refractivity contribution in [1.29, 1.82) is 0 Å². The molecule has 3 rings (SSSR count). The van der Waals surface area contributed by atoms with Gasteiger partial charge in [-0.15, -0.1) is 0 Å². The number of hydrogen-bond donors (Lipinski definition) is 1. The summed E-state index contributed by atoms with van der Waals surface area (Å²) in [7, 11) is 0. The molecule has 0 radical (unpaired) electrons. The van der Waals surface area contributed by atoms with E-state index in [9.17, 15) is 4.39 Å². The second kappa shape index (κ2) is 6.13. The van der Waals surface area contributed by atoms with Gasteiger partial charge in [0.15, 0.2) is 0 Å². The largest absolute Gasteiger partial charge is 0.488 e. The zero-order valence-corrected chi connectivity index (χ0v) is 12.2. The van der Waals surface area contributed by atoms with Gasteiger partial charge in [-0.1, -0.05) is 19.8 Å². The zero-order chi connectivity index (χ0) is 13.9. The fraction of sp³-hybridized carbons (Fsp3) is 0.647. The van der Waals surface area contributed by atoms with Crippen LogP contribution in [0.25, 0.3) is 0 Å². The molecule has 3 atom stereocenters. The highest BCUT2D eigenvalue weighted by Crippen LogP contribution is 2.29. The van der Waals surface area contributed by atoms with Crippen LogP contribution >= 0.6 is 0 Å². The quantitative estimate of drug-likeness (QED) is 0.851. The lowest BCUT2D eigenvalue weighted by Crippen LogP contribution is -2.37. The Kier molecular flexibility index (Phi) is 4.25. The topological polar surface area (TPSA) is 21.3 Å². The molecule has 3 heteroatoms. The molecular weight excluding hydrogens is 253 g/mol. The van der Waals surface area contributed by atoms with Crippen LogP contribution in [0, 0.1) is 11.7 Å². The van der Waals surface area contributed by atoms with Gasteiger partial charge in [-0.3, -0.25) is 0 Å². The number of hydrogen-bond acceptors (Lipinski definition) is 2. The monoisotopic (exact) mass is 277 g/mol. The van der Waals surface area contributed by atoms with Gasteiger partial charge in [0.2, 0.25) is 0 Å². The van der Waals surface area contributed by atoms with E-state index in [-0.39, 0.29) is 11.9 Å². The van der Waals surface area contributed by atoms with Crippen molar-refractivity contribution in [2.45, 2.75) is 57.6 Å². The van der Waals surface area contributed by atoms with Gasteiger partial charge in [0.1, 0.15) is 17.7 Å². The maximum absolute atomic E-state index is 13.2. The predicted molar refractivity (Wildman–Crippen MR) is 78.6 cm³/mol. The van der Waals surface area contributed by atoms with Gasteiger partial charge in [0.05, 0.1) is 0 Å². The molecule has 0 amide bonds. The van der Waals surface area contributed by atoms with Crippen LogP contribution in [0.3, 0.4) is 0 Å². The molecule has 1 aromatic carbocycles. The maximum atomic E-state index is 13.2. The Balaban J connectivity index is 1.48. The van der Waals surface area contributed by atoms with E-state index in [2.05, 4.69) is 12.2 Å². The molecule has 2 aliphatic rings. The van der Waals surface area contributed by atoms with Gasteiger partial charge in [0, 0.05) is 24.6 Å². The lowest BCUT2D eigenvalue weighted by molar-refractivity contribution is 0.218. The van der Waals surface area contributed by atoms with Gasteiger partial charge in [-0.05, 0) is 43.4 Å². The highest BCUT2D eigenvalue weighted by molar-refractivity contribution is 5.37. The van der Waals surface area contributed by atoms with Crippen molar-refractivity contribution in [1.82, 2.24) is 5.32 Å². The molecule has 1 aliphatic heterocycles. The molecular formula is C17H24FNO. The molecule has 1 fully saturated rings. The minimum Gasteiger partial charge on any atom is -0.488 e. The molecule has 1 heterocycles. The predicted octanol–water partition coefficient (Wildman–Crippen LogP) is 3.69. The highest BCUT2D eigenvalue weighted by atomic mass is 19.1. The Bertz CT molecular complexity index is 462. The van der Waals surface area contributed by atoms with Crippen LogP contribution in [-0.2, 0) is 6.42 Å². The fourth-order valence-corrected chi connectivity index (χ4v) is 3.39. The van der Waals surface area contributed by atoms with Crippen molar-refractivity contribution in [3.05, 3.63) is 29.6 Å². The van der Waals surface area contributed by atoms with Crippen LogP contribution in [0.15, 0.2) is 18.2 Å². The van der Waals surface area contributed by atoms with E-state index in [4.69, 9.17) is 4.74 Å². The van der Waals surface area contributed by atoms with Gasteiger partial charge in [0.25, 0.3) is 0 Å². The van der Waals surface area contributed by atoms with Gasteiger partial charge in [-0.25, -0.2) is 4.39 Å². The summed E-state index contributed by atoms with van der Waals surface area (Å²) in [6.45, 7) is 3.23. The van der Waals surface area contributed by atoms with Crippen LogP contribution in [0.2, 0.25) is 0 Å². The van der Waals surface area contributed by atoms with Crippen molar-refractivity contribution >= 4 is 0 Å². The average molecular weight is 277 g/mol. The fourth-order valence-electron chi connectivity index (χ4n) is 3.39. The Morgan fingerprint density at radius 1 is 1.25 bits per heavy atom. The molecule has 110 valence electrons. The highest BCUT2D eigenvalue weighted by Gasteiger charge is 2.24. The third kappa shape index (κ3) is 3.32. The van der Waals surface area contributed by atoms with E-state index in [1.54, 1.807) is 12.1 Å². The van der Waals surface area contributed by atoms with Crippen molar-refractivity contribution in [2.75, 3.05) is 6.54 Å². The smallest absolute Gasteiger partial charge is 0.123 e. The summed E-state index contributed by atoms with van der Waals surface area (Å²) in [4.78, 5) is 0. The Labute approximate surface area is 120 Å². The number of benzene rings is 1. The lowest BCUT2D eigenvalue weighted by atomic mass is 10.0. The summed E-state index contributed by atoms with van der Waals surface area (Å²) < 4.78 is 19.1. The SMILES string of the molecule is CC1CCCC(NCC2Cc3cc(F)ccc3O2)CC1. The second-order valence-electron chi connectivity index (χ2n) is 6.41. The second-order valence-corrected chi connectivity index (χ2v) is 6.41. The molecule has 1 aliphatic carbocycles. The summed E-state index contributed by atoms with van der Waals surface area (Å²) in [5.74, 6) is 1.56. The summed E-state index contributed by atoms with van der Waals surface area (Å²) in [6, 6.07) is 5.45. The standard InChI is InChI=1S/C17H24FNO/c1-12-3-2-4-15(7-5-12)19-11-16-10-13-9-14(18)6-8-17(13)20-16/h6,8-9,12,15-16,19H,2-5,7,10-11H2,1H3. The van der Waals surface area contributed by atoms with E-state index in [0.717, 1.165) is 30.2 Å². The first-order chi connectivity index (χ1) is 9.70. The molecule has 1 N–H and O–H groups in total. The molecule has 3 unspecified atom stereocenters. The van der Waals surface area contributed by atoms with E-state index in [0.29, 0.717) is 6.04 Å². The number of fused-ring (bicyclic) bond motifs is 1. The van der Waals surface area contributed by atoms with Gasteiger partial charge < -0.3 is 10.1 Å². The number of nitrogens with one attached hydrogen (secondary N) is 1. The third-order valence-electron chi connectivity index (χ3n) is 4.66. The number of halogens is 1. The van der Waals surface area contributed by atoms with Crippen molar-refractivity contribution < 1.29 is 9.13 Å². The average Bonchev–Trinajstić information content (AvgIpc) is 2.71. The number of rotatable bonds is 3. The first-order valence-corrected chi connectivity index (χ1v) is 7.89. The van der Waals surface area contributed by atoms with Gasteiger partial charge >= 0.3 is 0 Å². The first-order valence-electron chi connectivity index (χ1n) is 7.89. The molecule has 2 nitrogen and oxygen atoms in total. The van der Waals surface area contributed by atoms with Crippen LogP contribution in [0.4, 0.5) is 4.39 Å². The molecule has 20 heavy (non-hydrogen) atoms. The zero-order valence-electron chi connectivity index (χ0n) is 12.2. The van der Waals surface area contributed by atoms with Crippen molar-refractivity contribution in [3.8, 4) is 5.75 Å². The molecule has 0 bridgehead atoms. The Hall–Kier alpha value is -1.09. The molecule has 0 aromatic heterocycles. The van der Waals surface area contributed by atoms with E-state index in [1.807, 2.05) is 0 Å². The Morgan fingerprint density at radius 3 is 3.05 bits per heavy atom. The number of ether oxygens (including phenoxy) is 1. The minimum absolute atomic E-state index is 0.160. The van der Waals surface area contributed by atoms with Crippen molar-refractivity contribution in [2.24, 2.45) is 5.92 Å². The summed E-state index contributed by atoms with van der Waals surface area (Å²) >= 11 is 0. The molecule has 0 spiro atoms. The minimum atomic E-state index is -0.168. The van der Waals surface area contributed by atoms with Crippen LogP contribution < -0.4 is 10.1 Å². The summed E-state index contributed by atoms with van der Waals surface area (Å²) in [6.07, 6.45) is 7.55. The Morgan fingerprint density at radius 2 is 2.15 bits per heavy atom. The van der Waals surface area contributed by atoms with Gasteiger partial charge in [-0.2, -0.15) is 0 Å². The summed E-state index contributed by atoms with van der Waals surface area (Å²) in [5, 5.41) is 3.65. The van der Waals surface area contributed by atoms with Crippen LogP contribution in [-0.4, -0.2) is 18.7 Å². The van der Waals surface area contributed by atoms with Crippen LogP contribution in [0.5, 0.6) is 5.75 Å².